The van der Waals surface area contributed by atoms with Crippen LogP contribution in [0.25, 0.3) is 32.8 Å². The maximum atomic E-state index is 4.33. The molecule has 4 heteroatoms. The predicted octanol–water partition coefficient (Wildman–Crippen LogP) is 4.05. The van der Waals surface area contributed by atoms with Gasteiger partial charge in [-0.15, -0.1) is 5.10 Å². The van der Waals surface area contributed by atoms with Crippen molar-refractivity contribution in [1.29, 1.82) is 0 Å². The molecule has 2 heterocycles. The quantitative estimate of drug-likeness (QED) is 0.493. The molecule has 0 atom stereocenters. The number of aromatic nitrogens is 4. The van der Waals surface area contributed by atoms with Crippen molar-refractivity contribution in [3.05, 3.63) is 72.8 Å². The average molecular weight is 298 g/mol. The van der Waals surface area contributed by atoms with Gasteiger partial charge in [0.25, 0.3) is 0 Å². The second kappa shape index (κ2) is 4.68. The van der Waals surface area contributed by atoms with Crippen molar-refractivity contribution in [2.45, 2.75) is 6.67 Å². The van der Waals surface area contributed by atoms with Crippen LogP contribution in [0.4, 0.5) is 0 Å². The van der Waals surface area contributed by atoms with Gasteiger partial charge in [-0.05, 0) is 24.3 Å². The second-order valence-corrected chi connectivity index (χ2v) is 5.68. The molecule has 0 saturated carbocycles. The van der Waals surface area contributed by atoms with Gasteiger partial charge in [0.15, 0.2) is 0 Å². The van der Waals surface area contributed by atoms with E-state index in [2.05, 4.69) is 69.5 Å². The van der Waals surface area contributed by atoms with Gasteiger partial charge in [0, 0.05) is 10.8 Å². The van der Waals surface area contributed by atoms with Crippen LogP contribution >= 0.6 is 0 Å². The highest BCUT2D eigenvalue weighted by Crippen LogP contribution is 2.28. The van der Waals surface area contributed by atoms with E-state index in [0.717, 1.165) is 11.0 Å². The van der Waals surface area contributed by atoms with Crippen molar-refractivity contribution < 1.29 is 0 Å². The van der Waals surface area contributed by atoms with Crippen LogP contribution < -0.4 is 0 Å². The molecule has 0 spiro atoms. The Kier molecular flexibility index (Phi) is 2.52. The molecule has 0 bridgehead atoms. The maximum Gasteiger partial charge on any atom is 0.119 e. The summed E-state index contributed by atoms with van der Waals surface area (Å²) in [5.74, 6) is 0. The minimum absolute atomic E-state index is 0.647. The van der Waals surface area contributed by atoms with Gasteiger partial charge in [-0.2, -0.15) is 0 Å². The molecule has 110 valence electrons. The molecule has 0 aliphatic heterocycles. The molecule has 0 radical (unpaired) electrons. The standard InChI is InChI=1S/C19H14N4/c1-4-10-17-14(7-1)15-8-2-5-11-18(15)22(17)13-23-19-12-6-3-9-16(19)20-21-23/h1-12H,13H2. The molecular formula is C19H14N4. The minimum atomic E-state index is 0.647. The van der Waals surface area contributed by atoms with E-state index in [4.69, 9.17) is 0 Å². The Labute approximate surface area is 132 Å². The van der Waals surface area contributed by atoms with E-state index >= 15 is 0 Å². The lowest BCUT2D eigenvalue weighted by atomic mass is 10.2. The Hall–Kier alpha value is -3.14. The molecule has 5 aromatic rings. The summed E-state index contributed by atoms with van der Waals surface area (Å²) in [4.78, 5) is 0. The fourth-order valence-corrected chi connectivity index (χ4v) is 3.31. The molecule has 2 aromatic heterocycles. The zero-order chi connectivity index (χ0) is 15.2. The molecule has 0 unspecified atom stereocenters. The van der Waals surface area contributed by atoms with Gasteiger partial charge in [-0.1, -0.05) is 53.7 Å². The van der Waals surface area contributed by atoms with Gasteiger partial charge in [0.05, 0.1) is 16.6 Å². The minimum Gasteiger partial charge on any atom is -0.320 e. The summed E-state index contributed by atoms with van der Waals surface area (Å²) in [6.45, 7) is 0.647. The van der Waals surface area contributed by atoms with Gasteiger partial charge >= 0.3 is 0 Å². The largest absolute Gasteiger partial charge is 0.320 e. The second-order valence-electron chi connectivity index (χ2n) is 5.68. The number of rotatable bonds is 2. The first-order chi connectivity index (χ1) is 11.4. The predicted molar refractivity (Wildman–Crippen MR) is 92.4 cm³/mol. The Morgan fingerprint density at radius 1 is 0.652 bits per heavy atom. The Balaban J connectivity index is 1.78. The van der Waals surface area contributed by atoms with E-state index in [1.165, 1.54) is 21.8 Å². The Morgan fingerprint density at radius 2 is 1.22 bits per heavy atom. The molecule has 5 rings (SSSR count). The zero-order valence-electron chi connectivity index (χ0n) is 12.4. The van der Waals surface area contributed by atoms with E-state index in [-0.39, 0.29) is 0 Å². The van der Waals surface area contributed by atoms with Crippen molar-refractivity contribution >= 4 is 32.8 Å². The number of nitrogens with zero attached hydrogens (tertiary/aromatic N) is 4. The average Bonchev–Trinajstić information content (AvgIpc) is 3.16. The van der Waals surface area contributed by atoms with E-state index in [0.29, 0.717) is 6.67 Å². The van der Waals surface area contributed by atoms with Crippen LogP contribution in [0, 0.1) is 0 Å². The SMILES string of the molecule is c1ccc2c(c1)nnn2Cn1c2ccccc2c2ccccc21. The summed E-state index contributed by atoms with van der Waals surface area (Å²) < 4.78 is 4.25. The van der Waals surface area contributed by atoms with Crippen molar-refractivity contribution in [2.75, 3.05) is 0 Å². The number of hydrogen-bond acceptors (Lipinski definition) is 2. The molecule has 3 aromatic carbocycles. The van der Waals surface area contributed by atoms with Crippen LogP contribution in [-0.4, -0.2) is 19.6 Å². The molecule has 0 aliphatic rings. The van der Waals surface area contributed by atoms with Gasteiger partial charge in [-0.3, -0.25) is 0 Å². The maximum absolute atomic E-state index is 4.33. The Morgan fingerprint density at radius 3 is 1.91 bits per heavy atom. The van der Waals surface area contributed by atoms with Crippen LogP contribution in [-0.2, 0) is 6.67 Å². The van der Waals surface area contributed by atoms with Crippen molar-refractivity contribution in [3.63, 3.8) is 0 Å². The highest BCUT2D eigenvalue weighted by atomic mass is 15.5. The molecule has 0 fully saturated rings. The van der Waals surface area contributed by atoms with Crippen LogP contribution in [0.3, 0.4) is 0 Å². The first kappa shape index (κ1) is 12.4. The summed E-state index contributed by atoms with van der Waals surface area (Å²) >= 11 is 0. The van der Waals surface area contributed by atoms with E-state index < -0.39 is 0 Å². The van der Waals surface area contributed by atoms with Gasteiger partial charge < -0.3 is 4.57 Å². The molecule has 23 heavy (non-hydrogen) atoms. The van der Waals surface area contributed by atoms with Gasteiger partial charge in [0.2, 0.25) is 0 Å². The van der Waals surface area contributed by atoms with Gasteiger partial charge in [-0.25, -0.2) is 4.68 Å². The normalized spacial score (nSPS) is 11.7. The third-order valence-electron chi connectivity index (χ3n) is 4.38. The highest BCUT2D eigenvalue weighted by molar-refractivity contribution is 6.07. The van der Waals surface area contributed by atoms with Gasteiger partial charge in [0.1, 0.15) is 12.2 Å². The van der Waals surface area contributed by atoms with Crippen LogP contribution in [0.2, 0.25) is 0 Å². The van der Waals surface area contributed by atoms with Crippen molar-refractivity contribution in [1.82, 2.24) is 19.6 Å². The van der Waals surface area contributed by atoms with E-state index in [1.54, 1.807) is 0 Å². The number of benzene rings is 3. The number of para-hydroxylation sites is 3. The topological polar surface area (TPSA) is 35.6 Å². The fraction of sp³-hybridized carbons (Fsp3) is 0.0526. The molecule has 4 nitrogen and oxygen atoms in total. The summed E-state index contributed by atoms with van der Waals surface area (Å²) in [6.07, 6.45) is 0. The van der Waals surface area contributed by atoms with E-state index in [1.807, 2.05) is 22.9 Å². The lowest BCUT2D eigenvalue weighted by Crippen LogP contribution is -2.09. The first-order valence-corrected chi connectivity index (χ1v) is 7.66. The van der Waals surface area contributed by atoms with Crippen LogP contribution in [0.5, 0.6) is 0 Å². The van der Waals surface area contributed by atoms with Crippen molar-refractivity contribution in [2.24, 2.45) is 0 Å². The monoisotopic (exact) mass is 298 g/mol. The molecule has 0 aliphatic carbocycles. The lowest BCUT2D eigenvalue weighted by molar-refractivity contribution is 0.568. The van der Waals surface area contributed by atoms with Crippen LogP contribution in [0.15, 0.2) is 72.8 Å². The number of hydrogen-bond donors (Lipinski definition) is 0. The summed E-state index contributed by atoms with van der Waals surface area (Å²) in [5.41, 5.74) is 4.41. The Bertz CT molecular complexity index is 1100. The highest BCUT2D eigenvalue weighted by Gasteiger charge is 2.11. The zero-order valence-corrected chi connectivity index (χ0v) is 12.4. The summed E-state index contributed by atoms with van der Waals surface area (Å²) in [7, 11) is 0. The number of fused-ring (bicyclic) bond motifs is 4. The van der Waals surface area contributed by atoms with Crippen molar-refractivity contribution in [3.8, 4) is 0 Å². The van der Waals surface area contributed by atoms with E-state index in [9.17, 15) is 0 Å². The smallest absolute Gasteiger partial charge is 0.119 e. The summed E-state index contributed by atoms with van der Waals surface area (Å²) in [6, 6.07) is 25.1. The third-order valence-corrected chi connectivity index (χ3v) is 4.38. The fourth-order valence-electron chi connectivity index (χ4n) is 3.31. The summed E-state index contributed by atoms with van der Waals surface area (Å²) in [5, 5.41) is 11.1. The molecule has 0 saturated heterocycles. The molecule has 0 amide bonds. The third kappa shape index (κ3) is 1.78. The van der Waals surface area contributed by atoms with Crippen LogP contribution in [0.1, 0.15) is 0 Å². The lowest BCUT2D eigenvalue weighted by Gasteiger charge is -2.08. The first-order valence-electron chi connectivity index (χ1n) is 7.66. The molecular weight excluding hydrogens is 284 g/mol. The molecule has 0 N–H and O–H groups in total.